The molecule has 0 aliphatic heterocycles. The van der Waals surface area contributed by atoms with Gasteiger partial charge in [-0.05, 0) is 23.6 Å². The fraction of sp³-hybridized carbons (Fsp3) is 0.143. The van der Waals surface area contributed by atoms with Crippen LogP contribution in [0.4, 0.5) is 0 Å². The number of amides is 1. The van der Waals surface area contributed by atoms with E-state index in [1.807, 2.05) is 24.3 Å². The van der Waals surface area contributed by atoms with E-state index in [2.05, 4.69) is 11.9 Å². The Morgan fingerprint density at radius 1 is 1.44 bits per heavy atom. The number of carbonyl (C=O) groups excluding carboxylic acids is 1. The number of carbonyl (C=O) groups is 1. The quantitative estimate of drug-likeness (QED) is 0.826. The van der Waals surface area contributed by atoms with E-state index >= 15 is 0 Å². The molecule has 0 fully saturated rings. The predicted octanol–water partition coefficient (Wildman–Crippen LogP) is 1.34. The number of rotatable bonds is 3. The Bertz CT molecular complexity index is 671. The van der Waals surface area contributed by atoms with Gasteiger partial charge in [-0.25, -0.2) is 0 Å². The van der Waals surface area contributed by atoms with Gasteiger partial charge in [0.2, 0.25) is 5.91 Å². The fourth-order valence-corrected chi connectivity index (χ4v) is 1.87. The molecule has 4 nitrogen and oxygen atoms in total. The number of nitrogens with one attached hydrogen (secondary N) is 1. The minimum Gasteiger partial charge on any atom is -0.348 e. The Balaban J connectivity index is 2.45. The third-order valence-corrected chi connectivity index (χ3v) is 2.85. The summed E-state index contributed by atoms with van der Waals surface area (Å²) in [6, 6.07) is 9.44. The van der Waals surface area contributed by atoms with Gasteiger partial charge in [0.05, 0.1) is 5.52 Å². The lowest BCUT2D eigenvalue weighted by molar-refractivity contribution is -0.116. The Kier molecular flexibility index (Phi) is 3.28. The number of hydrogen-bond acceptors (Lipinski definition) is 2. The van der Waals surface area contributed by atoms with Gasteiger partial charge in [-0.1, -0.05) is 24.8 Å². The summed E-state index contributed by atoms with van der Waals surface area (Å²) < 4.78 is 1.59. The van der Waals surface area contributed by atoms with Crippen molar-refractivity contribution < 1.29 is 4.79 Å². The van der Waals surface area contributed by atoms with Crippen molar-refractivity contribution in [3.63, 3.8) is 0 Å². The van der Waals surface area contributed by atoms with Crippen LogP contribution in [0.5, 0.6) is 0 Å². The molecular formula is C14H14N2O2. The summed E-state index contributed by atoms with van der Waals surface area (Å²) in [4.78, 5) is 23.2. The van der Waals surface area contributed by atoms with Crippen LogP contribution >= 0.6 is 0 Å². The molecule has 2 rings (SSSR count). The fourth-order valence-electron chi connectivity index (χ4n) is 1.87. The van der Waals surface area contributed by atoms with Crippen molar-refractivity contribution in [3.05, 3.63) is 58.9 Å². The van der Waals surface area contributed by atoms with Crippen LogP contribution in [-0.4, -0.2) is 10.5 Å². The number of aromatic nitrogens is 1. The van der Waals surface area contributed by atoms with Gasteiger partial charge in [-0.2, -0.15) is 0 Å². The van der Waals surface area contributed by atoms with Gasteiger partial charge < -0.3 is 9.88 Å². The molecule has 92 valence electrons. The SMILES string of the molecule is C=CC(=O)NCc1cc2ccccc2n(C)c1=O. The largest absolute Gasteiger partial charge is 0.348 e. The number of hydrogen-bond donors (Lipinski definition) is 1. The molecular weight excluding hydrogens is 228 g/mol. The molecule has 2 aromatic rings. The van der Waals surface area contributed by atoms with E-state index in [1.165, 1.54) is 6.08 Å². The summed E-state index contributed by atoms with van der Waals surface area (Å²) in [6.45, 7) is 3.58. The maximum absolute atomic E-state index is 12.1. The molecule has 0 spiro atoms. The third-order valence-electron chi connectivity index (χ3n) is 2.85. The summed E-state index contributed by atoms with van der Waals surface area (Å²) in [5.74, 6) is -0.287. The predicted molar refractivity (Wildman–Crippen MR) is 71.2 cm³/mol. The highest BCUT2D eigenvalue weighted by Gasteiger charge is 2.06. The zero-order chi connectivity index (χ0) is 13.1. The Hall–Kier alpha value is -2.36. The van der Waals surface area contributed by atoms with Crippen LogP contribution in [0.2, 0.25) is 0 Å². The van der Waals surface area contributed by atoms with Crippen molar-refractivity contribution >= 4 is 16.8 Å². The van der Waals surface area contributed by atoms with Crippen LogP contribution in [0, 0.1) is 0 Å². The monoisotopic (exact) mass is 242 g/mol. The lowest BCUT2D eigenvalue weighted by Gasteiger charge is -2.08. The Morgan fingerprint density at radius 3 is 2.89 bits per heavy atom. The molecule has 0 radical (unpaired) electrons. The zero-order valence-electron chi connectivity index (χ0n) is 10.1. The molecule has 1 N–H and O–H groups in total. The molecule has 0 aliphatic carbocycles. The van der Waals surface area contributed by atoms with Crippen molar-refractivity contribution in [1.29, 1.82) is 0 Å². The summed E-state index contributed by atoms with van der Waals surface area (Å²) in [5, 5.41) is 3.59. The molecule has 18 heavy (non-hydrogen) atoms. The molecule has 0 saturated heterocycles. The standard InChI is InChI=1S/C14H14N2O2/c1-3-13(17)15-9-11-8-10-6-4-5-7-12(10)16(2)14(11)18/h3-8H,1,9H2,2H3,(H,15,17). The summed E-state index contributed by atoms with van der Waals surface area (Å²) in [7, 11) is 1.73. The van der Waals surface area contributed by atoms with Gasteiger partial charge in [-0.3, -0.25) is 9.59 Å². The number of pyridine rings is 1. The molecule has 0 unspecified atom stereocenters. The molecule has 1 aromatic carbocycles. The van der Waals surface area contributed by atoms with E-state index in [4.69, 9.17) is 0 Å². The van der Waals surface area contributed by atoms with Crippen molar-refractivity contribution in [2.45, 2.75) is 6.54 Å². The highest BCUT2D eigenvalue weighted by atomic mass is 16.1. The number of fused-ring (bicyclic) bond motifs is 1. The van der Waals surface area contributed by atoms with E-state index in [1.54, 1.807) is 17.7 Å². The maximum Gasteiger partial charge on any atom is 0.255 e. The lowest BCUT2D eigenvalue weighted by Crippen LogP contribution is -2.28. The van der Waals surface area contributed by atoms with E-state index in [0.717, 1.165) is 10.9 Å². The van der Waals surface area contributed by atoms with Gasteiger partial charge in [-0.15, -0.1) is 0 Å². The summed E-state index contributed by atoms with van der Waals surface area (Å²) in [6.07, 6.45) is 1.19. The highest BCUT2D eigenvalue weighted by molar-refractivity contribution is 5.87. The normalized spacial score (nSPS) is 10.3. The van der Waals surface area contributed by atoms with Crippen LogP contribution in [0.1, 0.15) is 5.56 Å². The maximum atomic E-state index is 12.1. The Labute approximate surface area is 105 Å². The van der Waals surface area contributed by atoms with E-state index in [0.29, 0.717) is 5.56 Å². The second kappa shape index (κ2) is 4.87. The van der Waals surface area contributed by atoms with Crippen LogP contribution in [0.15, 0.2) is 47.8 Å². The lowest BCUT2D eigenvalue weighted by atomic mass is 10.1. The van der Waals surface area contributed by atoms with Crippen molar-refractivity contribution in [1.82, 2.24) is 9.88 Å². The average Bonchev–Trinajstić information content (AvgIpc) is 2.41. The first-order valence-corrected chi connectivity index (χ1v) is 5.61. The smallest absolute Gasteiger partial charge is 0.255 e. The van der Waals surface area contributed by atoms with Crippen LogP contribution in [-0.2, 0) is 18.4 Å². The van der Waals surface area contributed by atoms with Crippen molar-refractivity contribution in [2.75, 3.05) is 0 Å². The topological polar surface area (TPSA) is 51.1 Å². The molecule has 0 bridgehead atoms. The molecule has 1 aromatic heterocycles. The average molecular weight is 242 g/mol. The Morgan fingerprint density at radius 2 is 2.17 bits per heavy atom. The molecule has 0 saturated carbocycles. The first-order chi connectivity index (χ1) is 8.63. The summed E-state index contributed by atoms with van der Waals surface area (Å²) >= 11 is 0. The molecule has 0 aliphatic rings. The van der Waals surface area contributed by atoms with Gasteiger partial charge in [0.15, 0.2) is 0 Å². The van der Waals surface area contributed by atoms with E-state index in [9.17, 15) is 9.59 Å². The molecule has 0 atom stereocenters. The van der Waals surface area contributed by atoms with Gasteiger partial charge in [0.1, 0.15) is 0 Å². The molecule has 1 amide bonds. The second-order valence-electron chi connectivity index (χ2n) is 4.01. The van der Waals surface area contributed by atoms with Crippen molar-refractivity contribution in [2.24, 2.45) is 7.05 Å². The van der Waals surface area contributed by atoms with Crippen molar-refractivity contribution in [3.8, 4) is 0 Å². The second-order valence-corrected chi connectivity index (χ2v) is 4.01. The minimum absolute atomic E-state index is 0.0990. The zero-order valence-corrected chi connectivity index (χ0v) is 10.1. The van der Waals surface area contributed by atoms with Crippen LogP contribution < -0.4 is 10.9 Å². The molecule has 1 heterocycles. The van der Waals surface area contributed by atoms with Crippen LogP contribution in [0.3, 0.4) is 0 Å². The van der Waals surface area contributed by atoms with Gasteiger partial charge in [0.25, 0.3) is 5.56 Å². The first kappa shape index (κ1) is 12.1. The van der Waals surface area contributed by atoms with E-state index < -0.39 is 0 Å². The number of aryl methyl sites for hydroxylation is 1. The van der Waals surface area contributed by atoms with E-state index in [-0.39, 0.29) is 18.0 Å². The number of benzene rings is 1. The van der Waals surface area contributed by atoms with Gasteiger partial charge in [0, 0.05) is 19.2 Å². The van der Waals surface area contributed by atoms with Gasteiger partial charge >= 0.3 is 0 Å². The third kappa shape index (κ3) is 2.18. The first-order valence-electron chi connectivity index (χ1n) is 5.61. The highest BCUT2D eigenvalue weighted by Crippen LogP contribution is 2.12. The number of nitrogens with zero attached hydrogens (tertiary/aromatic N) is 1. The summed E-state index contributed by atoms with van der Waals surface area (Å²) in [5.41, 5.74) is 1.34. The molecule has 4 heteroatoms. The van der Waals surface area contributed by atoms with Crippen LogP contribution in [0.25, 0.3) is 10.9 Å². The number of para-hydroxylation sites is 1. The minimum atomic E-state index is -0.287.